The number of aromatic nitrogens is 1. The van der Waals surface area contributed by atoms with Crippen LogP contribution in [0.3, 0.4) is 0 Å². The summed E-state index contributed by atoms with van der Waals surface area (Å²) in [5.74, 6) is 0. The van der Waals surface area contributed by atoms with Crippen molar-refractivity contribution >= 4 is 11.6 Å². The highest BCUT2D eigenvalue weighted by atomic mass is 35.5. The average molecular weight is 169 g/mol. The molecular formula is C7H5ClN2O. The Hall–Kier alpha value is -1.27. The monoisotopic (exact) mass is 168 g/mol. The second-order valence-corrected chi connectivity index (χ2v) is 2.50. The van der Waals surface area contributed by atoms with E-state index in [1.165, 1.54) is 6.07 Å². The number of rotatable bonds is 0. The number of nitrogens with zero attached hydrogens (tertiary/aromatic N) is 1. The van der Waals surface area contributed by atoms with Crippen LogP contribution in [0.2, 0.25) is 5.02 Å². The number of hydrogen-bond donors (Lipinski definition) is 1. The summed E-state index contributed by atoms with van der Waals surface area (Å²) in [6.45, 7) is 1.67. The largest absolute Gasteiger partial charge is 0.324 e. The Morgan fingerprint density at radius 1 is 1.73 bits per heavy atom. The molecule has 1 heterocycles. The topological polar surface area (TPSA) is 56.6 Å². The smallest absolute Gasteiger partial charge is 0.266 e. The molecule has 0 aliphatic heterocycles. The minimum atomic E-state index is -0.394. The van der Waals surface area contributed by atoms with Crippen molar-refractivity contribution in [2.75, 3.05) is 0 Å². The number of nitrogens with one attached hydrogen (secondary N) is 1. The van der Waals surface area contributed by atoms with Crippen LogP contribution in [0.1, 0.15) is 11.3 Å². The van der Waals surface area contributed by atoms with Crippen LogP contribution in [0, 0.1) is 18.3 Å². The van der Waals surface area contributed by atoms with Gasteiger partial charge >= 0.3 is 0 Å². The Kier molecular flexibility index (Phi) is 1.97. The molecule has 0 unspecified atom stereocenters. The quantitative estimate of drug-likeness (QED) is 0.633. The van der Waals surface area contributed by atoms with Crippen LogP contribution in [0.4, 0.5) is 0 Å². The van der Waals surface area contributed by atoms with Crippen molar-refractivity contribution in [3.63, 3.8) is 0 Å². The van der Waals surface area contributed by atoms with Gasteiger partial charge in [0.1, 0.15) is 11.6 Å². The molecule has 0 aliphatic carbocycles. The molecule has 0 amide bonds. The van der Waals surface area contributed by atoms with Gasteiger partial charge in [-0.25, -0.2) is 0 Å². The molecule has 1 N–H and O–H groups in total. The second-order valence-electron chi connectivity index (χ2n) is 2.10. The van der Waals surface area contributed by atoms with Gasteiger partial charge in [-0.1, -0.05) is 11.6 Å². The average Bonchev–Trinajstić information content (AvgIpc) is 1.97. The summed E-state index contributed by atoms with van der Waals surface area (Å²) in [7, 11) is 0. The Bertz CT molecular complexity index is 375. The molecule has 0 aromatic carbocycles. The molecule has 4 heteroatoms. The third kappa shape index (κ3) is 1.41. The maximum Gasteiger partial charge on any atom is 0.266 e. The fourth-order valence-corrected chi connectivity index (χ4v) is 0.837. The predicted octanol–water partition coefficient (Wildman–Crippen LogP) is 1.21. The number of aromatic amines is 1. The third-order valence-corrected chi connectivity index (χ3v) is 1.69. The number of hydrogen-bond acceptors (Lipinski definition) is 2. The fourth-order valence-electron chi connectivity index (χ4n) is 0.681. The molecule has 1 rings (SSSR count). The normalized spacial score (nSPS) is 9.18. The van der Waals surface area contributed by atoms with Gasteiger partial charge in [-0.05, 0) is 13.0 Å². The van der Waals surface area contributed by atoms with Crippen molar-refractivity contribution < 1.29 is 0 Å². The third-order valence-electron chi connectivity index (χ3n) is 1.30. The summed E-state index contributed by atoms with van der Waals surface area (Å²) in [5, 5.41) is 8.81. The Morgan fingerprint density at radius 2 is 2.36 bits per heavy atom. The lowest BCUT2D eigenvalue weighted by Gasteiger charge is -1.95. The zero-order valence-electron chi connectivity index (χ0n) is 5.81. The van der Waals surface area contributed by atoms with E-state index in [4.69, 9.17) is 16.9 Å². The molecule has 0 aliphatic rings. The highest BCUT2D eigenvalue weighted by Gasteiger charge is 2.01. The number of H-pyrrole nitrogens is 1. The molecule has 1 aromatic rings. The molecule has 56 valence electrons. The van der Waals surface area contributed by atoms with E-state index in [0.29, 0.717) is 10.7 Å². The van der Waals surface area contributed by atoms with Crippen molar-refractivity contribution in [1.29, 1.82) is 5.26 Å². The lowest BCUT2D eigenvalue weighted by molar-refractivity contribution is 1.13. The van der Waals surface area contributed by atoms with Crippen LogP contribution in [-0.4, -0.2) is 4.98 Å². The Morgan fingerprint density at radius 3 is 2.91 bits per heavy atom. The maximum atomic E-state index is 10.9. The number of aryl methyl sites for hydroxylation is 1. The van der Waals surface area contributed by atoms with E-state index in [9.17, 15) is 4.79 Å². The van der Waals surface area contributed by atoms with Gasteiger partial charge in [0.25, 0.3) is 5.56 Å². The van der Waals surface area contributed by atoms with Gasteiger partial charge in [-0.2, -0.15) is 5.26 Å². The summed E-state index contributed by atoms with van der Waals surface area (Å²) in [6, 6.07) is 3.09. The van der Waals surface area contributed by atoms with E-state index < -0.39 is 5.56 Å². The molecule has 3 nitrogen and oxygen atoms in total. The first kappa shape index (κ1) is 7.83. The summed E-state index contributed by atoms with van der Waals surface area (Å²) in [5.41, 5.74) is 0.227. The number of halogens is 1. The van der Waals surface area contributed by atoms with Crippen molar-refractivity contribution in [1.82, 2.24) is 4.98 Å². The molecule has 1 aromatic heterocycles. The minimum absolute atomic E-state index is 0.0422. The predicted molar refractivity (Wildman–Crippen MR) is 41.5 cm³/mol. The molecule has 0 radical (unpaired) electrons. The first-order chi connectivity index (χ1) is 5.15. The highest BCUT2D eigenvalue weighted by Crippen LogP contribution is 2.10. The van der Waals surface area contributed by atoms with Crippen molar-refractivity contribution in [2.45, 2.75) is 6.92 Å². The molecule has 0 bridgehead atoms. The van der Waals surface area contributed by atoms with E-state index in [1.54, 1.807) is 13.0 Å². The summed E-state index contributed by atoms with van der Waals surface area (Å²) >= 11 is 5.64. The molecule has 11 heavy (non-hydrogen) atoms. The van der Waals surface area contributed by atoms with Gasteiger partial charge in [-0.15, -0.1) is 0 Å². The zero-order valence-corrected chi connectivity index (χ0v) is 6.57. The second kappa shape index (κ2) is 2.77. The van der Waals surface area contributed by atoms with E-state index in [2.05, 4.69) is 4.98 Å². The molecule has 0 atom stereocenters. The van der Waals surface area contributed by atoms with E-state index in [1.807, 2.05) is 0 Å². The van der Waals surface area contributed by atoms with Crippen LogP contribution in [0.5, 0.6) is 0 Å². The zero-order chi connectivity index (χ0) is 8.43. The van der Waals surface area contributed by atoms with Crippen LogP contribution in [0.25, 0.3) is 0 Å². The van der Waals surface area contributed by atoms with Crippen LogP contribution >= 0.6 is 11.6 Å². The van der Waals surface area contributed by atoms with Gasteiger partial charge in [-0.3, -0.25) is 4.79 Å². The van der Waals surface area contributed by atoms with E-state index >= 15 is 0 Å². The molecular weight excluding hydrogens is 164 g/mol. The molecule has 0 saturated heterocycles. The van der Waals surface area contributed by atoms with Crippen LogP contribution in [-0.2, 0) is 0 Å². The van der Waals surface area contributed by atoms with Gasteiger partial charge < -0.3 is 4.98 Å². The molecule has 0 saturated carbocycles. The highest BCUT2D eigenvalue weighted by molar-refractivity contribution is 6.31. The minimum Gasteiger partial charge on any atom is -0.324 e. The van der Waals surface area contributed by atoms with Crippen molar-refractivity contribution in [3.05, 3.63) is 32.7 Å². The van der Waals surface area contributed by atoms with Crippen LogP contribution in [0.15, 0.2) is 10.9 Å². The summed E-state index contributed by atoms with van der Waals surface area (Å²) in [4.78, 5) is 13.3. The lowest BCUT2D eigenvalue weighted by atomic mass is 10.3. The fraction of sp³-hybridized carbons (Fsp3) is 0.143. The Labute approximate surface area is 68.2 Å². The van der Waals surface area contributed by atoms with Crippen LogP contribution < -0.4 is 5.56 Å². The SMILES string of the molecule is Cc1[nH]c(=O)c(C#N)cc1Cl. The van der Waals surface area contributed by atoms with Gasteiger partial charge in [0.05, 0.1) is 5.02 Å². The summed E-state index contributed by atoms with van der Waals surface area (Å²) < 4.78 is 0. The standard InChI is InChI=1S/C7H5ClN2O/c1-4-6(8)2-5(3-9)7(11)10-4/h2H,1H3,(H,10,11). The Balaban J connectivity index is 3.48. The molecule has 0 fully saturated rings. The summed E-state index contributed by atoms with van der Waals surface area (Å²) in [6.07, 6.45) is 0. The lowest BCUT2D eigenvalue weighted by Crippen LogP contribution is -2.10. The molecule has 0 spiro atoms. The number of nitriles is 1. The van der Waals surface area contributed by atoms with E-state index in [-0.39, 0.29) is 5.56 Å². The first-order valence-corrected chi connectivity index (χ1v) is 3.32. The van der Waals surface area contributed by atoms with Gasteiger partial charge in [0, 0.05) is 5.69 Å². The first-order valence-electron chi connectivity index (χ1n) is 2.94. The van der Waals surface area contributed by atoms with Gasteiger partial charge in [0.2, 0.25) is 0 Å². The maximum absolute atomic E-state index is 10.9. The van der Waals surface area contributed by atoms with Crippen molar-refractivity contribution in [2.24, 2.45) is 0 Å². The van der Waals surface area contributed by atoms with Crippen molar-refractivity contribution in [3.8, 4) is 6.07 Å². The van der Waals surface area contributed by atoms with Gasteiger partial charge in [0.15, 0.2) is 0 Å². The number of pyridine rings is 1. The van der Waals surface area contributed by atoms with E-state index in [0.717, 1.165) is 0 Å².